The van der Waals surface area contributed by atoms with Crippen molar-refractivity contribution in [3.05, 3.63) is 83.4 Å². The maximum atomic E-state index is 13.1. The molecule has 0 aliphatic carbocycles. The minimum atomic E-state index is -0.331. The summed E-state index contributed by atoms with van der Waals surface area (Å²) < 4.78 is 11.9. The molecule has 4 aromatic rings. The molecule has 0 bridgehead atoms. The topological polar surface area (TPSA) is 103 Å². The molecule has 1 amide bonds. The molecule has 3 heterocycles. The van der Waals surface area contributed by atoms with Crippen LogP contribution in [-0.2, 0) is 11.3 Å². The monoisotopic (exact) mass is 512 g/mol. The van der Waals surface area contributed by atoms with Crippen LogP contribution < -0.4 is 19.9 Å². The number of ether oxygens (including phenoxy) is 2. The Morgan fingerprint density at radius 2 is 1.63 bits per heavy atom. The van der Waals surface area contributed by atoms with Gasteiger partial charge in [-0.25, -0.2) is 14.6 Å². The van der Waals surface area contributed by atoms with Crippen molar-refractivity contribution in [1.29, 1.82) is 0 Å². The first-order valence-electron chi connectivity index (χ1n) is 12.3. The number of carbonyl (C=O) groups excluding carboxylic acids is 1. The van der Waals surface area contributed by atoms with Gasteiger partial charge >= 0.3 is 0 Å². The maximum absolute atomic E-state index is 13.1. The lowest BCUT2D eigenvalue weighted by Gasteiger charge is -2.35. The summed E-state index contributed by atoms with van der Waals surface area (Å²) in [6, 6.07) is 20.2. The first-order chi connectivity index (χ1) is 18.6. The Bertz CT molecular complexity index is 1480. The molecule has 1 saturated heterocycles. The predicted molar refractivity (Wildman–Crippen MR) is 143 cm³/mol. The van der Waals surface area contributed by atoms with Crippen LogP contribution >= 0.6 is 0 Å². The lowest BCUT2D eigenvalue weighted by atomic mass is 10.1. The van der Waals surface area contributed by atoms with Crippen LogP contribution in [0.5, 0.6) is 11.5 Å². The fraction of sp³-hybridized carbons (Fsp3) is 0.250. The molecule has 38 heavy (non-hydrogen) atoms. The summed E-state index contributed by atoms with van der Waals surface area (Å²) in [6.45, 7) is 2.14. The molecule has 10 nitrogen and oxygen atoms in total. The second-order valence-corrected chi connectivity index (χ2v) is 8.77. The average Bonchev–Trinajstić information content (AvgIpc) is 2.98. The Balaban J connectivity index is 1.24. The fourth-order valence-corrected chi connectivity index (χ4v) is 4.41. The second kappa shape index (κ2) is 11.1. The lowest BCUT2D eigenvalue weighted by Crippen LogP contribution is -2.50. The quantitative estimate of drug-likeness (QED) is 0.373. The van der Waals surface area contributed by atoms with Crippen LogP contribution in [0.2, 0.25) is 0 Å². The minimum absolute atomic E-state index is 0.128. The number of rotatable bonds is 7. The van der Waals surface area contributed by atoms with E-state index in [2.05, 4.69) is 20.0 Å². The van der Waals surface area contributed by atoms with Gasteiger partial charge in [-0.15, -0.1) is 0 Å². The van der Waals surface area contributed by atoms with Gasteiger partial charge in [0.15, 0.2) is 0 Å². The Labute approximate surface area is 220 Å². The third-order valence-corrected chi connectivity index (χ3v) is 6.53. The van der Waals surface area contributed by atoms with Crippen LogP contribution in [0.3, 0.4) is 0 Å². The summed E-state index contributed by atoms with van der Waals surface area (Å²) in [6.07, 6.45) is 1.55. The highest BCUT2D eigenvalue weighted by atomic mass is 16.5. The molecular weight excluding hydrogens is 484 g/mol. The van der Waals surface area contributed by atoms with Crippen molar-refractivity contribution in [3.63, 3.8) is 0 Å². The number of amides is 1. The van der Waals surface area contributed by atoms with Crippen LogP contribution in [0.4, 0.5) is 5.82 Å². The van der Waals surface area contributed by atoms with Crippen molar-refractivity contribution < 1.29 is 14.3 Å². The van der Waals surface area contributed by atoms with Gasteiger partial charge in [-0.1, -0.05) is 12.1 Å². The molecule has 0 radical (unpaired) electrons. The Morgan fingerprint density at radius 3 is 2.37 bits per heavy atom. The number of benzene rings is 2. The summed E-state index contributed by atoms with van der Waals surface area (Å²) in [7, 11) is 3.22. The molecule has 10 heteroatoms. The van der Waals surface area contributed by atoms with Crippen LogP contribution in [-0.4, -0.2) is 71.0 Å². The van der Waals surface area contributed by atoms with Crippen molar-refractivity contribution in [2.45, 2.75) is 6.54 Å². The number of methoxy groups -OCH3 is 2. The summed E-state index contributed by atoms with van der Waals surface area (Å²) in [5, 5.41) is 4.44. The van der Waals surface area contributed by atoms with Gasteiger partial charge in [0.2, 0.25) is 5.91 Å². The van der Waals surface area contributed by atoms with E-state index in [9.17, 15) is 9.59 Å². The molecule has 1 aliphatic heterocycles. The highest BCUT2D eigenvalue weighted by Crippen LogP contribution is 2.27. The smallest absolute Gasteiger partial charge is 0.267 e. The molecule has 0 atom stereocenters. The molecule has 2 aromatic carbocycles. The van der Waals surface area contributed by atoms with E-state index in [0.29, 0.717) is 37.6 Å². The molecule has 194 valence electrons. The van der Waals surface area contributed by atoms with E-state index in [1.807, 2.05) is 54.6 Å². The van der Waals surface area contributed by atoms with Gasteiger partial charge in [-0.3, -0.25) is 9.59 Å². The highest BCUT2D eigenvalue weighted by molar-refractivity contribution is 5.76. The SMILES string of the molecule is COc1ccc(-c2cc(N3CCN(C(=O)Cn4nc(-c5ccccc5OC)ccc4=O)CC3)ncn2)cc1. The Kier molecular flexibility index (Phi) is 7.30. The van der Waals surface area contributed by atoms with E-state index >= 15 is 0 Å². The van der Waals surface area contributed by atoms with E-state index in [1.165, 1.54) is 10.7 Å². The standard InChI is InChI=1S/C28H28N6O4/c1-37-21-9-7-20(8-10-21)24-17-26(30-19-29-24)32-13-15-33(16-14-32)28(36)18-34-27(35)12-11-23(31-34)22-5-3-4-6-25(22)38-2/h3-12,17,19H,13-16,18H2,1-2H3. The van der Waals surface area contributed by atoms with E-state index in [0.717, 1.165) is 28.4 Å². The van der Waals surface area contributed by atoms with Gasteiger partial charge in [-0.05, 0) is 42.5 Å². The van der Waals surface area contributed by atoms with Gasteiger partial charge in [0.05, 0.1) is 25.6 Å². The number of aromatic nitrogens is 4. The van der Waals surface area contributed by atoms with Gasteiger partial charge in [0, 0.05) is 49.4 Å². The largest absolute Gasteiger partial charge is 0.497 e. The van der Waals surface area contributed by atoms with Gasteiger partial charge < -0.3 is 19.3 Å². The van der Waals surface area contributed by atoms with Crippen LogP contribution in [0, 0.1) is 0 Å². The molecule has 1 aliphatic rings. The average molecular weight is 513 g/mol. The van der Waals surface area contributed by atoms with Crippen LogP contribution in [0.15, 0.2) is 77.9 Å². The Morgan fingerprint density at radius 1 is 0.868 bits per heavy atom. The number of carbonyl (C=O) groups is 1. The van der Waals surface area contributed by atoms with E-state index in [1.54, 1.807) is 31.5 Å². The van der Waals surface area contributed by atoms with Gasteiger partial charge in [0.1, 0.15) is 30.2 Å². The molecule has 1 fully saturated rings. The summed E-state index contributed by atoms with van der Waals surface area (Å²) in [4.78, 5) is 38.3. The third-order valence-electron chi connectivity index (χ3n) is 6.53. The maximum Gasteiger partial charge on any atom is 0.267 e. The fourth-order valence-electron chi connectivity index (χ4n) is 4.41. The molecule has 0 unspecified atom stereocenters. The number of nitrogens with zero attached hydrogens (tertiary/aromatic N) is 6. The zero-order chi connectivity index (χ0) is 26.5. The van der Waals surface area contributed by atoms with Gasteiger partial charge in [0.25, 0.3) is 5.56 Å². The molecule has 2 aromatic heterocycles. The van der Waals surface area contributed by atoms with Crippen molar-refractivity contribution in [3.8, 4) is 34.0 Å². The second-order valence-electron chi connectivity index (χ2n) is 8.77. The third kappa shape index (κ3) is 5.34. The Hall–Kier alpha value is -4.73. The number of hydrogen-bond acceptors (Lipinski definition) is 8. The zero-order valence-electron chi connectivity index (χ0n) is 21.3. The number of anilines is 1. The van der Waals surface area contributed by atoms with Crippen molar-refractivity contribution in [1.82, 2.24) is 24.6 Å². The van der Waals surface area contributed by atoms with Crippen LogP contribution in [0.1, 0.15) is 0 Å². The highest BCUT2D eigenvalue weighted by Gasteiger charge is 2.23. The molecule has 0 N–H and O–H groups in total. The molecule has 0 saturated carbocycles. The lowest BCUT2D eigenvalue weighted by molar-refractivity contribution is -0.132. The first-order valence-corrected chi connectivity index (χ1v) is 12.3. The predicted octanol–water partition coefficient (Wildman–Crippen LogP) is 2.73. The van der Waals surface area contributed by atoms with E-state index < -0.39 is 0 Å². The minimum Gasteiger partial charge on any atom is -0.497 e. The first kappa shape index (κ1) is 24.9. The van der Waals surface area contributed by atoms with Crippen molar-refractivity contribution in [2.75, 3.05) is 45.3 Å². The zero-order valence-corrected chi connectivity index (χ0v) is 21.3. The normalized spacial score (nSPS) is 13.3. The molecule has 0 spiro atoms. The van der Waals surface area contributed by atoms with E-state index in [4.69, 9.17) is 9.47 Å². The van der Waals surface area contributed by atoms with Crippen molar-refractivity contribution >= 4 is 11.7 Å². The van der Waals surface area contributed by atoms with Crippen LogP contribution in [0.25, 0.3) is 22.5 Å². The summed E-state index contributed by atoms with van der Waals surface area (Å²) in [5.41, 5.74) is 2.77. The van der Waals surface area contributed by atoms with E-state index in [-0.39, 0.29) is 18.0 Å². The number of para-hydroxylation sites is 1. The number of piperazine rings is 1. The molecular formula is C28H28N6O4. The summed E-state index contributed by atoms with van der Waals surface area (Å²) >= 11 is 0. The van der Waals surface area contributed by atoms with Crippen molar-refractivity contribution in [2.24, 2.45) is 0 Å². The molecule has 5 rings (SSSR count). The number of hydrogen-bond donors (Lipinski definition) is 0. The summed E-state index contributed by atoms with van der Waals surface area (Å²) in [5.74, 6) is 2.08. The van der Waals surface area contributed by atoms with Gasteiger partial charge in [-0.2, -0.15) is 5.10 Å².